The second-order valence-electron chi connectivity index (χ2n) is 12.7. The van der Waals surface area contributed by atoms with E-state index in [1.54, 1.807) is 20.8 Å². The summed E-state index contributed by atoms with van der Waals surface area (Å²) in [6, 6.07) is -2.53. The molecule has 4 rings (SSSR count). The molecule has 2 heterocycles. The standard InChI is InChI=1S/C26H41N5O7S2/c1-24(2,3)38-23(35)28-19-21(33)31-14-16(27)12-18(31)20(32)29-26(22(34)30-40(36,37)17-9-10-17)13-15(26)8-6-7-11-39-25(19,4)5/h6,8,15-19H,7,9-14,27H2,1-5H3,(H,28,35)(H,29,32)(H,30,34)/t15-,16-,18+,19-,26-/m1/s1. The minimum atomic E-state index is -3.82. The van der Waals surface area contributed by atoms with Gasteiger partial charge in [0.2, 0.25) is 21.8 Å². The van der Waals surface area contributed by atoms with Crippen LogP contribution in [0.1, 0.15) is 66.7 Å². The van der Waals surface area contributed by atoms with E-state index in [0.29, 0.717) is 25.0 Å². The van der Waals surface area contributed by atoms with Crippen molar-refractivity contribution in [3.05, 3.63) is 12.2 Å². The number of nitrogens with zero attached hydrogens (tertiary/aromatic N) is 1. The van der Waals surface area contributed by atoms with Gasteiger partial charge in [-0.1, -0.05) is 12.2 Å². The van der Waals surface area contributed by atoms with Gasteiger partial charge in [0, 0.05) is 23.3 Å². The van der Waals surface area contributed by atoms with Crippen molar-refractivity contribution in [2.45, 2.75) is 106 Å². The largest absolute Gasteiger partial charge is 0.444 e. The van der Waals surface area contributed by atoms with E-state index < -0.39 is 73.1 Å². The number of carbonyl (C=O) groups is 4. The van der Waals surface area contributed by atoms with E-state index >= 15 is 0 Å². The molecule has 0 radical (unpaired) electrons. The molecule has 5 N–H and O–H groups in total. The molecule has 0 bridgehead atoms. The molecule has 1 saturated heterocycles. The lowest BCUT2D eigenvalue weighted by Crippen LogP contribution is -2.61. The predicted octanol–water partition coefficient (Wildman–Crippen LogP) is 0.763. The number of sulfonamides is 1. The Kier molecular flexibility index (Phi) is 8.29. The van der Waals surface area contributed by atoms with Gasteiger partial charge in [0.05, 0.1) is 5.25 Å². The number of ether oxygens (including phenoxy) is 1. The molecule has 12 nitrogen and oxygen atoms in total. The van der Waals surface area contributed by atoms with Crippen molar-refractivity contribution in [2.75, 3.05) is 12.3 Å². The minimum Gasteiger partial charge on any atom is -0.444 e. The van der Waals surface area contributed by atoms with Gasteiger partial charge in [-0.2, -0.15) is 11.8 Å². The second kappa shape index (κ2) is 10.8. The molecule has 40 heavy (non-hydrogen) atoms. The summed E-state index contributed by atoms with van der Waals surface area (Å²) < 4.78 is 31.9. The molecule has 0 spiro atoms. The second-order valence-corrected chi connectivity index (χ2v) is 16.4. The molecule has 0 aromatic rings. The van der Waals surface area contributed by atoms with Crippen LogP contribution in [0, 0.1) is 5.92 Å². The van der Waals surface area contributed by atoms with Gasteiger partial charge in [0.25, 0.3) is 5.91 Å². The molecule has 4 aliphatic rings. The zero-order chi connectivity index (χ0) is 29.7. The van der Waals surface area contributed by atoms with E-state index in [-0.39, 0.29) is 25.3 Å². The van der Waals surface area contributed by atoms with E-state index in [1.165, 1.54) is 16.7 Å². The van der Waals surface area contributed by atoms with E-state index in [1.807, 2.05) is 26.0 Å². The smallest absolute Gasteiger partial charge is 0.408 e. The molecular weight excluding hydrogens is 558 g/mol. The van der Waals surface area contributed by atoms with Gasteiger partial charge in [-0.05, 0) is 72.5 Å². The fraction of sp³-hybridized carbons (Fsp3) is 0.769. The molecule has 3 fully saturated rings. The average Bonchev–Trinajstić information content (AvgIpc) is 3.73. The third-order valence-corrected chi connectivity index (χ3v) is 10.9. The minimum absolute atomic E-state index is 0.0861. The van der Waals surface area contributed by atoms with E-state index in [2.05, 4.69) is 15.4 Å². The monoisotopic (exact) mass is 599 g/mol. The Hall–Kier alpha value is -2.32. The maximum Gasteiger partial charge on any atom is 0.408 e. The van der Waals surface area contributed by atoms with Gasteiger partial charge >= 0.3 is 6.09 Å². The lowest BCUT2D eigenvalue weighted by atomic mass is 10.0. The van der Waals surface area contributed by atoms with Crippen LogP contribution in [0.2, 0.25) is 0 Å². The first-order valence-corrected chi connectivity index (χ1v) is 16.2. The summed E-state index contributed by atoms with van der Waals surface area (Å²) >= 11 is 1.49. The Morgan fingerprint density at radius 3 is 2.52 bits per heavy atom. The number of thioether (sulfide) groups is 1. The van der Waals surface area contributed by atoms with Crippen LogP contribution in [-0.2, 0) is 29.1 Å². The van der Waals surface area contributed by atoms with Crippen LogP contribution in [0.5, 0.6) is 0 Å². The topological polar surface area (TPSA) is 177 Å². The van der Waals surface area contributed by atoms with Crippen molar-refractivity contribution in [3.63, 3.8) is 0 Å². The van der Waals surface area contributed by atoms with Gasteiger partial charge in [-0.25, -0.2) is 13.2 Å². The van der Waals surface area contributed by atoms with Crippen molar-refractivity contribution in [3.8, 4) is 0 Å². The number of alkyl carbamates (subject to hydrolysis) is 1. The maximum atomic E-state index is 14.0. The number of rotatable bonds is 4. The summed E-state index contributed by atoms with van der Waals surface area (Å²) in [6.45, 7) is 8.97. The normalized spacial score (nSPS) is 32.7. The van der Waals surface area contributed by atoms with Gasteiger partial charge in [-0.15, -0.1) is 0 Å². The lowest BCUT2D eigenvalue weighted by molar-refractivity contribution is -0.141. The molecule has 4 amide bonds. The van der Waals surface area contributed by atoms with Gasteiger partial charge in [0.1, 0.15) is 23.2 Å². The Labute approximate surface area is 240 Å². The highest BCUT2D eigenvalue weighted by molar-refractivity contribution is 8.00. The number of nitrogens with two attached hydrogens (primary N) is 1. The molecule has 2 aliphatic heterocycles. The molecule has 0 aromatic carbocycles. The number of allylic oxidation sites excluding steroid dienone is 1. The summed E-state index contributed by atoms with van der Waals surface area (Å²) in [5.74, 6) is -1.61. The Morgan fingerprint density at radius 1 is 1.23 bits per heavy atom. The number of nitrogens with one attached hydrogen (secondary N) is 3. The van der Waals surface area contributed by atoms with E-state index in [0.717, 1.165) is 0 Å². The van der Waals surface area contributed by atoms with Crippen molar-refractivity contribution in [1.82, 2.24) is 20.3 Å². The summed E-state index contributed by atoms with van der Waals surface area (Å²) in [6.07, 6.45) is 4.97. The maximum absolute atomic E-state index is 14.0. The quantitative estimate of drug-likeness (QED) is 0.340. The highest BCUT2D eigenvalue weighted by atomic mass is 32.2. The fourth-order valence-electron chi connectivity index (χ4n) is 5.19. The first kappa shape index (κ1) is 30.6. The summed E-state index contributed by atoms with van der Waals surface area (Å²) in [7, 11) is -3.82. The lowest BCUT2D eigenvalue weighted by Gasteiger charge is -2.37. The summed E-state index contributed by atoms with van der Waals surface area (Å²) in [5, 5.41) is 4.93. The van der Waals surface area contributed by atoms with Crippen molar-refractivity contribution in [1.29, 1.82) is 0 Å². The van der Waals surface area contributed by atoms with Gasteiger partial charge < -0.3 is 26.0 Å². The molecule has 2 aliphatic carbocycles. The zero-order valence-electron chi connectivity index (χ0n) is 23.7. The van der Waals surface area contributed by atoms with Gasteiger partial charge in [0.15, 0.2) is 0 Å². The molecule has 0 aromatic heterocycles. The van der Waals surface area contributed by atoms with Crippen LogP contribution in [0.3, 0.4) is 0 Å². The first-order valence-electron chi connectivity index (χ1n) is 13.7. The van der Waals surface area contributed by atoms with E-state index in [9.17, 15) is 27.6 Å². The fourth-order valence-corrected chi connectivity index (χ4v) is 7.66. The third-order valence-electron chi connectivity index (χ3n) is 7.61. The van der Waals surface area contributed by atoms with Gasteiger partial charge in [-0.3, -0.25) is 19.1 Å². The average molecular weight is 600 g/mol. The van der Waals surface area contributed by atoms with Crippen LogP contribution >= 0.6 is 11.8 Å². The van der Waals surface area contributed by atoms with E-state index in [4.69, 9.17) is 10.5 Å². The highest BCUT2D eigenvalue weighted by Gasteiger charge is 2.62. The Bertz CT molecular complexity index is 1190. The Morgan fingerprint density at radius 2 is 1.90 bits per heavy atom. The van der Waals surface area contributed by atoms with Crippen molar-refractivity contribution >= 4 is 45.6 Å². The highest BCUT2D eigenvalue weighted by Crippen LogP contribution is 2.46. The Balaban J connectivity index is 1.63. The number of fused-ring (bicyclic) bond motifs is 2. The summed E-state index contributed by atoms with van der Waals surface area (Å²) in [5.41, 5.74) is 4.00. The van der Waals surface area contributed by atoms with Crippen LogP contribution in [-0.4, -0.2) is 88.7 Å². The molecule has 0 unspecified atom stereocenters. The molecule has 14 heteroatoms. The number of amides is 4. The van der Waals surface area contributed by atoms with Crippen LogP contribution in [0.25, 0.3) is 0 Å². The van der Waals surface area contributed by atoms with Crippen molar-refractivity contribution < 1.29 is 32.3 Å². The summed E-state index contributed by atoms with van der Waals surface area (Å²) in [4.78, 5) is 55.1. The number of carbonyl (C=O) groups excluding carboxylic acids is 4. The molecular formula is C26H41N5O7S2. The predicted molar refractivity (Wildman–Crippen MR) is 151 cm³/mol. The molecule has 2 saturated carbocycles. The number of hydrogen-bond acceptors (Lipinski definition) is 9. The van der Waals surface area contributed by atoms with Crippen LogP contribution in [0.15, 0.2) is 12.2 Å². The van der Waals surface area contributed by atoms with Crippen molar-refractivity contribution in [2.24, 2.45) is 11.7 Å². The van der Waals surface area contributed by atoms with Crippen LogP contribution < -0.4 is 21.1 Å². The molecule has 224 valence electrons. The SMILES string of the molecule is CC(C)(C)OC(=O)N[C@@H]1C(=O)N2C[C@H](N)C[C@H]2C(=O)N[C@]2(C(=O)NS(=O)(=O)C3CC3)C[C@H]2C=CCCSC1(C)C. The number of hydrogen-bond donors (Lipinski definition) is 4. The zero-order valence-corrected chi connectivity index (χ0v) is 25.3. The molecule has 5 atom stereocenters. The first-order chi connectivity index (χ1) is 18.4. The van der Waals surface area contributed by atoms with Crippen LogP contribution in [0.4, 0.5) is 4.79 Å². The third kappa shape index (κ3) is 6.76.